The van der Waals surface area contributed by atoms with Crippen molar-refractivity contribution in [2.24, 2.45) is 0 Å². The van der Waals surface area contributed by atoms with Crippen molar-refractivity contribution in [3.63, 3.8) is 0 Å². The van der Waals surface area contributed by atoms with Gasteiger partial charge in [-0.3, -0.25) is 0 Å². The molecule has 144 valence electrons. The summed E-state index contributed by atoms with van der Waals surface area (Å²) >= 11 is 5.07. The van der Waals surface area contributed by atoms with E-state index in [-0.39, 0.29) is 17.7 Å². The van der Waals surface area contributed by atoms with Crippen molar-refractivity contribution in [1.29, 1.82) is 0 Å². The van der Waals surface area contributed by atoms with Gasteiger partial charge in [0.1, 0.15) is 12.4 Å². The highest BCUT2D eigenvalue weighted by molar-refractivity contribution is 7.80. The summed E-state index contributed by atoms with van der Waals surface area (Å²) in [5, 5.41) is 16.3. The van der Waals surface area contributed by atoms with Crippen molar-refractivity contribution in [3.05, 3.63) is 29.8 Å². The molecule has 0 bridgehead atoms. The molecule has 0 aliphatic carbocycles. The number of ether oxygens (including phenoxy) is 1. The van der Waals surface area contributed by atoms with Crippen LogP contribution >= 0.6 is 12.2 Å². The van der Waals surface area contributed by atoms with Gasteiger partial charge in [-0.15, -0.1) is 0 Å². The lowest BCUT2D eigenvalue weighted by molar-refractivity contribution is -0.147. The van der Waals surface area contributed by atoms with Crippen LogP contribution in [0.2, 0.25) is 18.1 Å². The number of carboxylic acid groups (broad SMARTS) is 1. The number of hydrogen-bond acceptors (Lipinski definition) is 4. The van der Waals surface area contributed by atoms with Crippen molar-refractivity contribution in [2.75, 3.05) is 13.2 Å². The quantitative estimate of drug-likeness (QED) is 0.483. The fraction of sp³-hybridized carbons (Fsp3) is 0.556. The Kier molecular flexibility index (Phi) is 6.31. The fourth-order valence-corrected chi connectivity index (χ4v) is 3.77. The van der Waals surface area contributed by atoms with E-state index in [9.17, 15) is 9.90 Å². The number of carboxylic acids is 1. The van der Waals surface area contributed by atoms with E-state index >= 15 is 0 Å². The lowest BCUT2D eigenvalue weighted by atomic mass is 10.1. The Balaban J connectivity index is 1.96. The summed E-state index contributed by atoms with van der Waals surface area (Å²) in [7, 11) is -2.19. The SMILES string of the molecule is CC(C)(C)[Si](C)(C)OC(COc1ccc(C2CNC(=S)N2)cc1)C(=O)O. The van der Waals surface area contributed by atoms with E-state index in [1.807, 2.05) is 37.4 Å². The summed E-state index contributed by atoms with van der Waals surface area (Å²) in [4.78, 5) is 11.6. The fourth-order valence-electron chi connectivity index (χ4n) is 2.31. The first-order valence-electron chi connectivity index (χ1n) is 8.67. The predicted molar refractivity (Wildman–Crippen MR) is 108 cm³/mol. The normalized spacial score (nSPS) is 18.8. The third-order valence-electron chi connectivity index (χ3n) is 4.97. The van der Waals surface area contributed by atoms with Gasteiger partial charge in [-0.05, 0) is 48.0 Å². The zero-order valence-electron chi connectivity index (χ0n) is 16.0. The van der Waals surface area contributed by atoms with Crippen molar-refractivity contribution >= 4 is 31.6 Å². The Morgan fingerprint density at radius 3 is 2.42 bits per heavy atom. The molecule has 1 aromatic rings. The van der Waals surface area contributed by atoms with Gasteiger partial charge >= 0.3 is 5.97 Å². The molecule has 26 heavy (non-hydrogen) atoms. The Morgan fingerprint density at radius 1 is 1.35 bits per heavy atom. The highest BCUT2D eigenvalue weighted by atomic mass is 32.1. The lowest BCUT2D eigenvalue weighted by Crippen LogP contribution is -2.47. The van der Waals surface area contributed by atoms with Gasteiger partial charge in [0.25, 0.3) is 0 Å². The Hall–Kier alpha value is -1.64. The molecular formula is C18H28N2O4SSi. The minimum absolute atomic E-state index is 0.0193. The van der Waals surface area contributed by atoms with Gasteiger partial charge in [0.15, 0.2) is 19.5 Å². The number of thiocarbonyl (C=S) groups is 1. The average molecular weight is 397 g/mol. The van der Waals surface area contributed by atoms with Crippen molar-refractivity contribution in [2.45, 2.75) is 51.0 Å². The van der Waals surface area contributed by atoms with Crippen LogP contribution in [0.1, 0.15) is 32.4 Å². The van der Waals surface area contributed by atoms with Crippen molar-refractivity contribution in [1.82, 2.24) is 10.6 Å². The van der Waals surface area contributed by atoms with Gasteiger partial charge in [-0.25, -0.2) is 4.79 Å². The summed E-state index contributed by atoms with van der Waals surface area (Å²) in [6, 6.07) is 7.72. The zero-order valence-corrected chi connectivity index (χ0v) is 17.8. The highest BCUT2D eigenvalue weighted by Crippen LogP contribution is 2.37. The second kappa shape index (κ2) is 7.94. The molecule has 1 aliphatic rings. The molecule has 6 nitrogen and oxygen atoms in total. The summed E-state index contributed by atoms with van der Waals surface area (Å²) in [6.07, 6.45) is -0.978. The number of aliphatic carboxylic acids is 1. The summed E-state index contributed by atoms with van der Waals surface area (Å²) in [5.74, 6) is -0.381. The van der Waals surface area contributed by atoms with Crippen LogP contribution in [0.15, 0.2) is 24.3 Å². The van der Waals surface area contributed by atoms with E-state index < -0.39 is 20.4 Å². The van der Waals surface area contributed by atoms with Crippen molar-refractivity contribution in [3.8, 4) is 5.75 Å². The van der Waals surface area contributed by atoms with Crippen LogP contribution in [-0.4, -0.2) is 43.8 Å². The summed E-state index contributed by atoms with van der Waals surface area (Å²) in [6.45, 7) is 11.0. The van der Waals surface area contributed by atoms with Gasteiger partial charge in [0, 0.05) is 6.54 Å². The second-order valence-electron chi connectivity index (χ2n) is 7.99. The molecule has 1 fully saturated rings. The molecule has 0 saturated carbocycles. The molecule has 1 aliphatic heterocycles. The smallest absolute Gasteiger partial charge is 0.335 e. The minimum atomic E-state index is -2.19. The standard InChI is InChI=1S/C18H28N2O4SSi/c1-18(2,3)26(4,5)24-15(16(21)22)11-23-13-8-6-12(7-9-13)14-10-19-17(25)20-14/h6-9,14-15H,10-11H2,1-5H3,(H,21,22)(H2,19,20,25). The molecule has 0 amide bonds. The first kappa shape index (κ1) is 20.7. The Morgan fingerprint density at radius 2 is 1.96 bits per heavy atom. The van der Waals surface area contributed by atoms with Gasteiger partial charge in [0.2, 0.25) is 0 Å². The maximum atomic E-state index is 11.6. The first-order valence-corrected chi connectivity index (χ1v) is 12.0. The maximum absolute atomic E-state index is 11.6. The van der Waals surface area contributed by atoms with Gasteiger partial charge in [0.05, 0.1) is 6.04 Å². The van der Waals surface area contributed by atoms with Crippen LogP contribution in [0.5, 0.6) is 5.75 Å². The molecule has 1 saturated heterocycles. The molecule has 2 rings (SSSR count). The third kappa shape index (κ3) is 5.18. The first-order chi connectivity index (χ1) is 12.0. The zero-order chi connectivity index (χ0) is 19.5. The molecule has 2 unspecified atom stereocenters. The molecule has 0 radical (unpaired) electrons. The molecule has 2 atom stereocenters. The summed E-state index contributed by atoms with van der Waals surface area (Å²) in [5.41, 5.74) is 1.09. The number of rotatable bonds is 7. The summed E-state index contributed by atoms with van der Waals surface area (Å²) < 4.78 is 11.7. The lowest BCUT2D eigenvalue weighted by Gasteiger charge is -2.38. The van der Waals surface area contributed by atoms with Crippen LogP contribution in [0.3, 0.4) is 0 Å². The van der Waals surface area contributed by atoms with E-state index in [0.29, 0.717) is 10.9 Å². The van der Waals surface area contributed by atoms with E-state index in [1.54, 1.807) is 0 Å². The third-order valence-corrected chi connectivity index (χ3v) is 9.72. The monoisotopic (exact) mass is 396 g/mol. The molecular weight excluding hydrogens is 368 g/mol. The van der Waals surface area contributed by atoms with E-state index in [0.717, 1.165) is 12.1 Å². The number of benzene rings is 1. The molecule has 3 N–H and O–H groups in total. The van der Waals surface area contributed by atoms with Crippen molar-refractivity contribution < 1.29 is 19.1 Å². The van der Waals surface area contributed by atoms with E-state index in [4.69, 9.17) is 21.4 Å². The topological polar surface area (TPSA) is 79.8 Å². The number of nitrogens with one attached hydrogen (secondary N) is 2. The Bertz CT molecular complexity index is 658. The second-order valence-corrected chi connectivity index (χ2v) is 13.2. The predicted octanol–water partition coefficient (Wildman–Crippen LogP) is 3.06. The van der Waals surface area contributed by atoms with Crippen LogP contribution in [0, 0.1) is 0 Å². The van der Waals surface area contributed by atoms with Crippen LogP contribution in [0.4, 0.5) is 0 Å². The molecule has 1 aromatic carbocycles. The number of hydrogen-bond donors (Lipinski definition) is 3. The van der Waals surface area contributed by atoms with Gasteiger partial charge in [-0.1, -0.05) is 32.9 Å². The highest BCUT2D eigenvalue weighted by Gasteiger charge is 2.41. The van der Waals surface area contributed by atoms with E-state index in [2.05, 4.69) is 31.4 Å². The molecule has 1 heterocycles. The molecule has 8 heteroatoms. The maximum Gasteiger partial charge on any atom is 0.335 e. The van der Waals surface area contributed by atoms with Crippen LogP contribution < -0.4 is 15.4 Å². The van der Waals surface area contributed by atoms with E-state index in [1.165, 1.54) is 0 Å². The Labute approximate surface area is 161 Å². The number of carbonyl (C=O) groups is 1. The largest absolute Gasteiger partial charge is 0.490 e. The van der Waals surface area contributed by atoms with Crippen LogP contribution in [0.25, 0.3) is 0 Å². The molecule has 0 spiro atoms. The average Bonchev–Trinajstić information content (AvgIpc) is 2.97. The van der Waals surface area contributed by atoms with Gasteiger partial charge in [-0.2, -0.15) is 0 Å². The molecule has 0 aromatic heterocycles. The minimum Gasteiger partial charge on any atom is -0.490 e. The van der Waals surface area contributed by atoms with Gasteiger partial charge < -0.3 is 24.9 Å². The van der Waals surface area contributed by atoms with Crippen LogP contribution in [-0.2, 0) is 9.22 Å².